The van der Waals surface area contributed by atoms with E-state index in [2.05, 4.69) is 0 Å². The van der Waals surface area contributed by atoms with E-state index >= 15 is 0 Å². The van der Waals surface area contributed by atoms with Gasteiger partial charge in [-0.05, 0) is 12.1 Å². The predicted octanol–water partition coefficient (Wildman–Crippen LogP) is -0.548. The first kappa shape index (κ1) is 16.9. The molecule has 0 aliphatic carbocycles. The van der Waals surface area contributed by atoms with Crippen molar-refractivity contribution in [2.45, 2.75) is 18.1 Å². The molecule has 1 aromatic rings. The summed E-state index contributed by atoms with van der Waals surface area (Å²) in [6, 6.07) is 8.16. The van der Waals surface area contributed by atoms with Gasteiger partial charge in [0.2, 0.25) is 0 Å². The molecule has 1 N–H and O–H groups in total. The molecule has 8 heteroatoms. The van der Waals surface area contributed by atoms with Crippen LogP contribution in [-0.2, 0) is 19.4 Å². The molecule has 0 spiro atoms. The molecule has 0 aromatic heterocycles. The van der Waals surface area contributed by atoms with Crippen LogP contribution in [-0.4, -0.2) is 73.4 Å². The van der Waals surface area contributed by atoms with Gasteiger partial charge in [-0.15, -0.1) is 0 Å². The molecule has 1 amide bonds. The first-order valence-electron chi connectivity index (χ1n) is 7.86. The van der Waals surface area contributed by atoms with Crippen molar-refractivity contribution >= 4 is 27.7 Å². The maximum atomic E-state index is 12.8. The second-order valence-corrected chi connectivity index (χ2v) is 8.53. The maximum Gasteiger partial charge on any atom is 0.257 e. The number of nitrogens with zero attached hydrogens (tertiary/aromatic N) is 2. The van der Waals surface area contributed by atoms with Crippen molar-refractivity contribution in [2.24, 2.45) is 0 Å². The lowest BCUT2D eigenvalue weighted by Crippen LogP contribution is -2.59. The average molecular weight is 352 g/mol. The summed E-state index contributed by atoms with van der Waals surface area (Å²) in [7, 11) is -3.12. The summed E-state index contributed by atoms with van der Waals surface area (Å²) in [4.78, 5) is 27.5. The number of benzene rings is 1. The van der Waals surface area contributed by atoms with E-state index in [1.54, 1.807) is 4.90 Å². The van der Waals surface area contributed by atoms with E-state index in [1.807, 2.05) is 30.3 Å². The third-order valence-electron chi connectivity index (χ3n) is 4.78. The van der Waals surface area contributed by atoms with E-state index in [-0.39, 0.29) is 31.0 Å². The zero-order chi connectivity index (χ0) is 17.4. The Hall–Kier alpha value is -1.93. The van der Waals surface area contributed by atoms with Gasteiger partial charge >= 0.3 is 0 Å². The number of sulfone groups is 1. The van der Waals surface area contributed by atoms with E-state index in [4.69, 9.17) is 0 Å². The van der Waals surface area contributed by atoms with E-state index in [0.717, 1.165) is 5.69 Å². The van der Waals surface area contributed by atoms with Crippen LogP contribution in [0, 0.1) is 0 Å². The van der Waals surface area contributed by atoms with E-state index in [0.29, 0.717) is 12.8 Å². The van der Waals surface area contributed by atoms with Crippen LogP contribution < -0.4 is 4.90 Å². The van der Waals surface area contributed by atoms with Crippen molar-refractivity contribution in [2.75, 3.05) is 36.0 Å². The standard InChI is InChI=1S/C16H20N2O5S/c19-12-14-16(21,6-7-18(14)13-4-2-1-3-5-13)15(20)17-8-10-24(22,23)11-9-17/h1-5,12,14,21H,6-11H2/t14?,16-/m0/s1. The molecule has 2 heterocycles. The van der Waals surface area contributed by atoms with Crippen LogP contribution in [0.2, 0.25) is 0 Å². The van der Waals surface area contributed by atoms with Crippen molar-refractivity contribution < 1.29 is 23.1 Å². The Balaban J connectivity index is 1.82. The molecule has 1 unspecified atom stereocenters. The molecule has 24 heavy (non-hydrogen) atoms. The van der Waals surface area contributed by atoms with Gasteiger partial charge in [-0.3, -0.25) is 4.79 Å². The molecule has 2 saturated heterocycles. The fourth-order valence-electron chi connectivity index (χ4n) is 3.35. The fraction of sp³-hybridized carbons (Fsp3) is 0.500. The van der Waals surface area contributed by atoms with Crippen LogP contribution in [0.3, 0.4) is 0 Å². The molecule has 130 valence electrons. The minimum atomic E-state index is -3.12. The highest BCUT2D eigenvalue weighted by Gasteiger charge is 2.53. The van der Waals surface area contributed by atoms with Gasteiger partial charge in [0.05, 0.1) is 11.5 Å². The van der Waals surface area contributed by atoms with Gasteiger partial charge in [0, 0.05) is 31.7 Å². The zero-order valence-electron chi connectivity index (χ0n) is 13.2. The van der Waals surface area contributed by atoms with Crippen molar-refractivity contribution in [1.29, 1.82) is 0 Å². The van der Waals surface area contributed by atoms with Gasteiger partial charge in [-0.1, -0.05) is 18.2 Å². The van der Waals surface area contributed by atoms with Gasteiger partial charge in [-0.25, -0.2) is 8.42 Å². The smallest absolute Gasteiger partial charge is 0.257 e. The third kappa shape index (κ3) is 2.91. The van der Waals surface area contributed by atoms with Gasteiger partial charge in [-0.2, -0.15) is 0 Å². The summed E-state index contributed by atoms with van der Waals surface area (Å²) in [5.74, 6) is -0.778. The second kappa shape index (κ2) is 6.18. The van der Waals surface area contributed by atoms with Crippen LogP contribution in [0.5, 0.6) is 0 Å². The largest absolute Gasteiger partial charge is 0.377 e. The van der Waals surface area contributed by atoms with Crippen LogP contribution in [0.25, 0.3) is 0 Å². The Morgan fingerprint density at radius 3 is 2.38 bits per heavy atom. The number of carbonyl (C=O) groups excluding carboxylic acids is 2. The summed E-state index contributed by atoms with van der Waals surface area (Å²) >= 11 is 0. The number of amides is 1. The van der Waals surface area contributed by atoms with E-state index < -0.39 is 27.4 Å². The Labute approximate surface area is 140 Å². The number of aliphatic hydroxyl groups is 1. The highest BCUT2D eigenvalue weighted by atomic mass is 32.2. The molecular formula is C16H20N2O5S. The average Bonchev–Trinajstić information content (AvgIpc) is 2.93. The monoisotopic (exact) mass is 352 g/mol. The van der Waals surface area contributed by atoms with Gasteiger partial charge in [0.25, 0.3) is 5.91 Å². The van der Waals surface area contributed by atoms with Gasteiger partial charge < -0.3 is 19.7 Å². The fourth-order valence-corrected chi connectivity index (χ4v) is 4.55. The van der Waals surface area contributed by atoms with Crippen molar-refractivity contribution in [3.05, 3.63) is 30.3 Å². The SMILES string of the molecule is O=CC1N(c2ccccc2)CC[C@@]1(O)C(=O)N1CCS(=O)(=O)CC1. The summed E-state index contributed by atoms with van der Waals surface area (Å²) in [6.45, 7) is 0.489. The number of hydrogen-bond donors (Lipinski definition) is 1. The van der Waals surface area contributed by atoms with Crippen LogP contribution in [0.15, 0.2) is 30.3 Å². The summed E-state index contributed by atoms with van der Waals surface area (Å²) < 4.78 is 23.0. The molecule has 7 nitrogen and oxygen atoms in total. The Bertz CT molecular complexity index is 722. The number of rotatable bonds is 3. The number of anilines is 1. The summed E-state index contributed by atoms with van der Waals surface area (Å²) in [5.41, 5.74) is -1.06. The van der Waals surface area contributed by atoms with Crippen molar-refractivity contribution in [1.82, 2.24) is 4.90 Å². The third-order valence-corrected chi connectivity index (χ3v) is 6.39. The minimum Gasteiger partial charge on any atom is -0.377 e. The van der Waals surface area contributed by atoms with E-state index in [1.165, 1.54) is 4.90 Å². The van der Waals surface area contributed by atoms with Crippen LogP contribution in [0.4, 0.5) is 5.69 Å². The minimum absolute atomic E-state index is 0.0559. The summed E-state index contributed by atoms with van der Waals surface area (Å²) in [5, 5.41) is 10.9. The topological polar surface area (TPSA) is 95.0 Å². The van der Waals surface area contributed by atoms with Crippen LogP contribution >= 0.6 is 0 Å². The first-order chi connectivity index (χ1) is 11.4. The Morgan fingerprint density at radius 1 is 1.17 bits per heavy atom. The molecule has 3 rings (SSSR count). The number of hydrogen-bond acceptors (Lipinski definition) is 6. The molecule has 2 fully saturated rings. The molecule has 0 bridgehead atoms. The normalized spacial score (nSPS) is 29.5. The number of aldehydes is 1. The zero-order valence-corrected chi connectivity index (χ0v) is 14.0. The molecular weight excluding hydrogens is 332 g/mol. The molecule has 2 aliphatic rings. The lowest BCUT2D eigenvalue weighted by Gasteiger charge is -2.36. The summed E-state index contributed by atoms with van der Waals surface area (Å²) in [6.07, 6.45) is 0.728. The Morgan fingerprint density at radius 2 is 1.79 bits per heavy atom. The molecule has 0 saturated carbocycles. The predicted molar refractivity (Wildman–Crippen MR) is 88.4 cm³/mol. The quantitative estimate of drug-likeness (QED) is 0.734. The highest BCUT2D eigenvalue weighted by Crippen LogP contribution is 2.33. The highest BCUT2D eigenvalue weighted by molar-refractivity contribution is 7.91. The number of carbonyl (C=O) groups is 2. The van der Waals surface area contributed by atoms with Gasteiger partial charge in [0.1, 0.15) is 12.3 Å². The van der Waals surface area contributed by atoms with E-state index in [9.17, 15) is 23.1 Å². The first-order valence-corrected chi connectivity index (χ1v) is 9.69. The number of para-hydroxylation sites is 1. The molecule has 0 radical (unpaired) electrons. The van der Waals surface area contributed by atoms with Crippen molar-refractivity contribution in [3.63, 3.8) is 0 Å². The van der Waals surface area contributed by atoms with Crippen molar-refractivity contribution in [3.8, 4) is 0 Å². The van der Waals surface area contributed by atoms with Crippen LogP contribution in [0.1, 0.15) is 6.42 Å². The second-order valence-electron chi connectivity index (χ2n) is 6.23. The lowest BCUT2D eigenvalue weighted by molar-refractivity contribution is -0.152. The molecule has 2 aliphatic heterocycles. The molecule has 1 aromatic carbocycles. The maximum absolute atomic E-state index is 12.8. The Kier molecular flexibility index (Phi) is 4.35. The molecule has 2 atom stereocenters. The lowest BCUT2D eigenvalue weighted by atomic mass is 9.93. The van der Waals surface area contributed by atoms with Gasteiger partial charge in [0.15, 0.2) is 15.4 Å².